The number of sulfonamides is 1. The van der Waals surface area contributed by atoms with Crippen LogP contribution in [0.5, 0.6) is 11.5 Å². The Balaban J connectivity index is 1.36. The lowest BCUT2D eigenvalue weighted by atomic mass is 9.92. The molecule has 166 valence electrons. The molecule has 1 N–H and O–H groups in total. The average Bonchev–Trinajstić information content (AvgIpc) is 3.42. The van der Waals surface area contributed by atoms with Crippen molar-refractivity contribution in [1.29, 1.82) is 0 Å². The van der Waals surface area contributed by atoms with Crippen LogP contribution >= 0.6 is 0 Å². The van der Waals surface area contributed by atoms with E-state index in [2.05, 4.69) is 10.4 Å². The summed E-state index contributed by atoms with van der Waals surface area (Å²) in [6.07, 6.45) is 5.67. The number of hydrogen-bond donors (Lipinski definition) is 1. The zero-order valence-corrected chi connectivity index (χ0v) is 18.2. The molecule has 0 bridgehead atoms. The molecule has 1 saturated heterocycles. The molecule has 1 aliphatic carbocycles. The highest BCUT2D eigenvalue weighted by Gasteiger charge is 2.41. The standard InChI is InChI=1S/C21H26N4O5S/c1-24-17-5-2-4-16(15(17)13-22-24)23-21(26)18-6-3-9-25(18)31(27,28)14-7-8-19-20(12-14)30-11-10-29-19/h7-8,12-13,16,18H,2-6,9-11H2,1H3,(H,23,26)/t16-,18-/m0/s1. The molecule has 0 radical (unpaired) electrons. The maximum absolute atomic E-state index is 13.4. The van der Waals surface area contributed by atoms with Crippen LogP contribution in [0.2, 0.25) is 0 Å². The van der Waals surface area contributed by atoms with Gasteiger partial charge in [-0.2, -0.15) is 9.40 Å². The highest BCUT2D eigenvalue weighted by atomic mass is 32.2. The summed E-state index contributed by atoms with van der Waals surface area (Å²) in [6.45, 7) is 1.13. The Labute approximate surface area is 181 Å². The Kier molecular flexibility index (Phi) is 5.13. The van der Waals surface area contributed by atoms with Crippen molar-refractivity contribution in [1.82, 2.24) is 19.4 Å². The van der Waals surface area contributed by atoms with Gasteiger partial charge in [-0.25, -0.2) is 8.42 Å². The van der Waals surface area contributed by atoms with Crippen LogP contribution in [0.15, 0.2) is 29.3 Å². The number of nitrogens with zero attached hydrogens (tertiary/aromatic N) is 3. The van der Waals surface area contributed by atoms with Crippen molar-refractivity contribution in [3.8, 4) is 11.5 Å². The van der Waals surface area contributed by atoms with Gasteiger partial charge in [0.2, 0.25) is 15.9 Å². The van der Waals surface area contributed by atoms with Crippen LogP contribution in [0.1, 0.15) is 43.0 Å². The lowest BCUT2D eigenvalue weighted by molar-refractivity contribution is -0.125. The van der Waals surface area contributed by atoms with Gasteiger partial charge in [-0.15, -0.1) is 0 Å². The predicted octanol–water partition coefficient (Wildman–Crippen LogP) is 1.54. The minimum atomic E-state index is -3.84. The van der Waals surface area contributed by atoms with Crippen molar-refractivity contribution in [2.45, 2.75) is 49.1 Å². The molecule has 1 aromatic heterocycles. The first-order valence-corrected chi connectivity index (χ1v) is 12.1. The van der Waals surface area contributed by atoms with Crippen molar-refractivity contribution in [3.05, 3.63) is 35.7 Å². The third kappa shape index (κ3) is 3.57. The van der Waals surface area contributed by atoms with Gasteiger partial charge in [-0.1, -0.05) is 0 Å². The van der Waals surface area contributed by atoms with Crippen LogP contribution in [0.3, 0.4) is 0 Å². The van der Waals surface area contributed by atoms with Crippen molar-refractivity contribution < 1.29 is 22.7 Å². The number of amides is 1. The number of benzene rings is 1. The molecule has 2 aromatic rings. The summed E-state index contributed by atoms with van der Waals surface area (Å²) < 4.78 is 40.9. The number of aromatic nitrogens is 2. The van der Waals surface area contributed by atoms with Gasteiger partial charge in [0.1, 0.15) is 19.3 Å². The Bertz CT molecular complexity index is 1110. The first-order valence-electron chi connectivity index (χ1n) is 10.7. The number of ether oxygens (including phenoxy) is 2. The van der Waals surface area contributed by atoms with Gasteiger partial charge in [-0.05, 0) is 44.2 Å². The van der Waals surface area contributed by atoms with E-state index in [-0.39, 0.29) is 16.8 Å². The first kappa shape index (κ1) is 20.3. The summed E-state index contributed by atoms with van der Waals surface area (Å²) in [5, 5.41) is 7.41. The van der Waals surface area contributed by atoms with Crippen LogP contribution < -0.4 is 14.8 Å². The Morgan fingerprint density at radius 1 is 1.16 bits per heavy atom. The molecule has 2 atom stereocenters. The molecule has 9 nitrogen and oxygen atoms in total. The van der Waals surface area contributed by atoms with Gasteiger partial charge in [-0.3, -0.25) is 9.48 Å². The minimum absolute atomic E-state index is 0.115. The number of fused-ring (bicyclic) bond motifs is 2. The quantitative estimate of drug-likeness (QED) is 0.764. The van der Waals surface area contributed by atoms with Crippen LogP contribution in [-0.4, -0.2) is 54.2 Å². The number of rotatable bonds is 4. The molecule has 0 unspecified atom stereocenters. The van der Waals surface area contributed by atoms with E-state index in [1.165, 1.54) is 16.4 Å². The zero-order valence-electron chi connectivity index (χ0n) is 17.4. The Hall–Kier alpha value is -2.59. The summed E-state index contributed by atoms with van der Waals surface area (Å²) >= 11 is 0. The summed E-state index contributed by atoms with van der Waals surface area (Å²) in [5.41, 5.74) is 2.16. The molecule has 31 heavy (non-hydrogen) atoms. The fourth-order valence-electron chi connectivity index (χ4n) is 4.73. The number of hydrogen-bond acceptors (Lipinski definition) is 6. The summed E-state index contributed by atoms with van der Waals surface area (Å²) in [5.74, 6) is 0.699. The zero-order chi connectivity index (χ0) is 21.6. The Morgan fingerprint density at radius 3 is 2.81 bits per heavy atom. The fraction of sp³-hybridized carbons (Fsp3) is 0.524. The van der Waals surface area contributed by atoms with Gasteiger partial charge in [0.15, 0.2) is 11.5 Å². The second-order valence-electron chi connectivity index (χ2n) is 8.20. The number of carbonyl (C=O) groups excluding carboxylic acids is 1. The summed E-state index contributed by atoms with van der Waals surface area (Å²) in [4.78, 5) is 13.3. The maximum atomic E-state index is 13.4. The van der Waals surface area contributed by atoms with Crippen LogP contribution in [0.25, 0.3) is 0 Å². The topological polar surface area (TPSA) is 103 Å². The smallest absolute Gasteiger partial charge is 0.243 e. The van der Waals surface area contributed by atoms with Gasteiger partial charge in [0.05, 0.1) is 17.1 Å². The van der Waals surface area contributed by atoms with Gasteiger partial charge in [0.25, 0.3) is 0 Å². The number of carbonyl (C=O) groups is 1. The highest BCUT2D eigenvalue weighted by molar-refractivity contribution is 7.89. The molecular weight excluding hydrogens is 420 g/mol. The summed E-state index contributed by atoms with van der Waals surface area (Å²) in [6, 6.07) is 3.75. The molecule has 1 amide bonds. The van der Waals surface area contributed by atoms with E-state index < -0.39 is 16.1 Å². The fourth-order valence-corrected chi connectivity index (χ4v) is 6.41. The van der Waals surface area contributed by atoms with Crippen molar-refractivity contribution in [2.24, 2.45) is 7.05 Å². The van der Waals surface area contributed by atoms with E-state index in [0.717, 1.165) is 30.5 Å². The second kappa shape index (κ2) is 7.83. The van der Waals surface area contributed by atoms with E-state index in [1.807, 2.05) is 11.7 Å². The average molecular weight is 447 g/mol. The third-order valence-electron chi connectivity index (χ3n) is 6.32. The first-order chi connectivity index (χ1) is 14.9. The molecular formula is C21H26N4O5S. The lowest BCUT2D eigenvalue weighted by Gasteiger charge is -2.28. The largest absolute Gasteiger partial charge is 0.486 e. The van der Waals surface area contributed by atoms with E-state index in [4.69, 9.17) is 9.47 Å². The van der Waals surface area contributed by atoms with E-state index in [1.54, 1.807) is 12.3 Å². The minimum Gasteiger partial charge on any atom is -0.486 e. The number of aryl methyl sites for hydroxylation is 1. The normalized spacial score (nSPS) is 23.4. The van der Waals surface area contributed by atoms with Gasteiger partial charge >= 0.3 is 0 Å². The molecule has 1 fully saturated rings. The van der Waals surface area contributed by atoms with Gasteiger partial charge in [0, 0.05) is 30.9 Å². The molecule has 2 aliphatic heterocycles. The monoisotopic (exact) mass is 446 g/mol. The second-order valence-corrected chi connectivity index (χ2v) is 10.1. The SMILES string of the molecule is Cn1ncc2c1CCC[C@@H]2NC(=O)[C@@H]1CCCN1S(=O)(=O)c1ccc2c(c1)OCCO2. The van der Waals surface area contributed by atoms with Crippen molar-refractivity contribution in [2.75, 3.05) is 19.8 Å². The molecule has 0 saturated carbocycles. The molecule has 3 heterocycles. The van der Waals surface area contributed by atoms with Crippen molar-refractivity contribution in [3.63, 3.8) is 0 Å². The van der Waals surface area contributed by atoms with Crippen LogP contribution in [0, 0.1) is 0 Å². The third-order valence-corrected chi connectivity index (χ3v) is 8.22. The highest BCUT2D eigenvalue weighted by Crippen LogP contribution is 2.35. The van der Waals surface area contributed by atoms with E-state index in [0.29, 0.717) is 44.1 Å². The van der Waals surface area contributed by atoms with Crippen molar-refractivity contribution >= 4 is 15.9 Å². The lowest BCUT2D eigenvalue weighted by Crippen LogP contribution is -2.47. The molecule has 1 aromatic carbocycles. The number of nitrogens with one attached hydrogen (secondary N) is 1. The van der Waals surface area contributed by atoms with Crippen LogP contribution in [0.4, 0.5) is 0 Å². The molecule has 3 aliphatic rings. The summed E-state index contributed by atoms with van der Waals surface area (Å²) in [7, 11) is -1.94. The van der Waals surface area contributed by atoms with E-state index >= 15 is 0 Å². The molecule has 5 rings (SSSR count). The molecule has 0 spiro atoms. The molecule has 10 heteroatoms. The van der Waals surface area contributed by atoms with E-state index in [9.17, 15) is 13.2 Å². The van der Waals surface area contributed by atoms with Crippen LogP contribution in [-0.2, 0) is 28.3 Å². The predicted molar refractivity (Wildman–Crippen MR) is 111 cm³/mol. The van der Waals surface area contributed by atoms with Gasteiger partial charge < -0.3 is 14.8 Å². The maximum Gasteiger partial charge on any atom is 0.243 e. The Morgan fingerprint density at radius 2 is 1.97 bits per heavy atom.